The van der Waals surface area contributed by atoms with Crippen molar-refractivity contribution in [2.75, 3.05) is 7.11 Å². The number of hydrogen-bond donors (Lipinski definition) is 0. The van der Waals surface area contributed by atoms with Crippen molar-refractivity contribution < 1.29 is 4.43 Å². The minimum absolute atomic E-state index is 0. The van der Waals surface area contributed by atoms with Crippen molar-refractivity contribution in [1.29, 1.82) is 0 Å². The summed E-state index contributed by atoms with van der Waals surface area (Å²) in [6, 6.07) is 4.06. The molecule has 3 heteroatoms. The van der Waals surface area contributed by atoms with E-state index in [1.54, 1.807) is 0 Å². The molecule has 13 heavy (non-hydrogen) atoms. The minimum atomic E-state index is -1.27. The fraction of sp³-hybridized carbons (Fsp3) is 1.00. The lowest BCUT2D eigenvalue weighted by Gasteiger charge is -2.28. The zero-order valence-electron chi connectivity index (χ0n) is 9.15. The van der Waals surface area contributed by atoms with E-state index < -0.39 is 8.32 Å². The normalized spacial score (nSPS) is 11.1. The third-order valence-corrected chi connectivity index (χ3v) is 7.65. The van der Waals surface area contributed by atoms with Crippen molar-refractivity contribution in [2.45, 2.75) is 58.2 Å². The summed E-state index contributed by atoms with van der Waals surface area (Å²) in [5.41, 5.74) is 0. The van der Waals surface area contributed by atoms with Crippen LogP contribution in [0.3, 0.4) is 0 Å². The summed E-state index contributed by atoms with van der Waals surface area (Å²) < 4.78 is 5.80. The van der Waals surface area contributed by atoms with Gasteiger partial charge in [0.25, 0.3) is 0 Å². The number of hydrogen-bond acceptors (Lipinski definition) is 1. The van der Waals surface area contributed by atoms with Crippen LogP contribution in [0.15, 0.2) is 0 Å². The van der Waals surface area contributed by atoms with E-state index in [1.165, 1.54) is 37.4 Å². The second-order valence-corrected chi connectivity index (χ2v) is 7.91. The van der Waals surface area contributed by atoms with Crippen molar-refractivity contribution in [3.8, 4) is 0 Å². The Labute approximate surface area is 89.4 Å². The predicted octanol–water partition coefficient (Wildman–Crippen LogP) is 2.36. The Morgan fingerprint density at radius 3 is 1.31 bits per heavy atom. The average molecular weight is 221 g/mol. The minimum Gasteiger partial charge on any atom is -0.420 e. The van der Waals surface area contributed by atoms with Crippen LogP contribution in [0, 0.1) is 0 Å². The first-order chi connectivity index (χ1) is 5.74. The van der Waals surface area contributed by atoms with Gasteiger partial charge in [-0.1, -0.05) is 40.0 Å². The summed E-state index contributed by atoms with van der Waals surface area (Å²) in [5, 5.41) is 0. The van der Waals surface area contributed by atoms with Gasteiger partial charge in [-0.2, -0.15) is 0 Å². The first-order valence-electron chi connectivity index (χ1n) is 5.29. The molecule has 0 bridgehead atoms. The molecule has 0 aliphatic rings. The van der Waals surface area contributed by atoms with Crippen LogP contribution in [0.4, 0.5) is 0 Å². The van der Waals surface area contributed by atoms with Gasteiger partial charge in [-0.05, 0) is 29.1 Å². The summed E-state index contributed by atoms with van der Waals surface area (Å²) in [4.78, 5) is 0. The van der Waals surface area contributed by atoms with E-state index in [9.17, 15) is 0 Å². The molecule has 82 valence electrons. The lowest BCUT2D eigenvalue weighted by Crippen LogP contribution is -2.36. The highest BCUT2D eigenvalue weighted by atomic mass is 28.4. The molecule has 0 fully saturated rings. The van der Waals surface area contributed by atoms with Gasteiger partial charge in [0.05, 0.1) is 0 Å². The summed E-state index contributed by atoms with van der Waals surface area (Å²) in [5.74, 6) is 0. The zero-order valence-corrected chi connectivity index (χ0v) is 10.2. The third-order valence-electron chi connectivity index (χ3n) is 2.55. The molecule has 0 heterocycles. The topological polar surface area (TPSA) is 9.23 Å². The smallest absolute Gasteiger partial charge is 0.192 e. The standard InChI is InChI=1S/C10H24OSi.H4Si/c1-5-8-12(11-4,9-6-2)10-7-3;/h5-10H2,1-4H3;1H4. The van der Waals surface area contributed by atoms with Gasteiger partial charge in [-0.25, -0.2) is 0 Å². The molecule has 0 saturated heterocycles. The second kappa shape index (κ2) is 8.97. The largest absolute Gasteiger partial charge is 0.420 e. The quantitative estimate of drug-likeness (QED) is 0.599. The summed E-state index contributed by atoms with van der Waals surface area (Å²) in [7, 11) is 0.654. The summed E-state index contributed by atoms with van der Waals surface area (Å²) in [6.45, 7) is 6.81. The number of rotatable bonds is 7. The molecular weight excluding hydrogens is 192 g/mol. The van der Waals surface area contributed by atoms with Crippen LogP contribution in [-0.4, -0.2) is 26.4 Å². The lowest BCUT2D eigenvalue weighted by molar-refractivity contribution is 0.386. The van der Waals surface area contributed by atoms with Crippen LogP contribution >= 0.6 is 0 Å². The third kappa shape index (κ3) is 5.65. The van der Waals surface area contributed by atoms with Gasteiger partial charge in [0.15, 0.2) is 8.32 Å². The molecule has 0 aliphatic carbocycles. The fourth-order valence-corrected chi connectivity index (χ4v) is 6.14. The van der Waals surface area contributed by atoms with Gasteiger partial charge in [-0.3, -0.25) is 0 Å². The first-order valence-corrected chi connectivity index (χ1v) is 7.82. The molecule has 0 unspecified atom stereocenters. The van der Waals surface area contributed by atoms with Crippen LogP contribution < -0.4 is 0 Å². The van der Waals surface area contributed by atoms with E-state index in [0.717, 1.165) is 0 Å². The molecule has 0 radical (unpaired) electrons. The molecule has 0 atom stereocenters. The van der Waals surface area contributed by atoms with Crippen LogP contribution in [0.5, 0.6) is 0 Å². The van der Waals surface area contributed by atoms with Crippen LogP contribution in [0.1, 0.15) is 40.0 Å². The molecule has 0 aromatic rings. The van der Waals surface area contributed by atoms with E-state index >= 15 is 0 Å². The van der Waals surface area contributed by atoms with Crippen LogP contribution in [0.25, 0.3) is 0 Å². The predicted molar refractivity (Wildman–Crippen MR) is 69.4 cm³/mol. The Balaban J connectivity index is 0. The monoisotopic (exact) mass is 220 g/mol. The molecule has 0 amide bonds. The van der Waals surface area contributed by atoms with E-state index in [1.807, 2.05) is 7.11 Å². The van der Waals surface area contributed by atoms with Gasteiger partial charge in [0.1, 0.15) is 0 Å². The van der Waals surface area contributed by atoms with Crippen LogP contribution in [0.2, 0.25) is 18.1 Å². The average Bonchev–Trinajstić information content (AvgIpc) is 2.06. The molecule has 0 N–H and O–H groups in total. The van der Waals surface area contributed by atoms with E-state index in [-0.39, 0.29) is 11.0 Å². The van der Waals surface area contributed by atoms with E-state index in [4.69, 9.17) is 4.43 Å². The highest BCUT2D eigenvalue weighted by Crippen LogP contribution is 2.26. The van der Waals surface area contributed by atoms with Gasteiger partial charge >= 0.3 is 0 Å². The lowest BCUT2D eigenvalue weighted by atomic mass is 10.6. The molecule has 0 aromatic carbocycles. The molecule has 0 saturated carbocycles. The molecular formula is C10H28OSi2. The second-order valence-electron chi connectivity index (χ2n) is 3.64. The highest BCUT2D eigenvalue weighted by Gasteiger charge is 2.30. The first kappa shape index (κ1) is 15.8. The highest BCUT2D eigenvalue weighted by molar-refractivity contribution is 6.73. The summed E-state index contributed by atoms with van der Waals surface area (Å²) >= 11 is 0. The molecule has 0 aliphatic heterocycles. The molecule has 0 rings (SSSR count). The van der Waals surface area contributed by atoms with Gasteiger partial charge in [-0.15, -0.1) is 0 Å². The Kier molecular flexibility index (Phi) is 10.9. The molecule has 0 aromatic heterocycles. The molecule has 0 spiro atoms. The van der Waals surface area contributed by atoms with Crippen molar-refractivity contribution in [2.24, 2.45) is 0 Å². The Morgan fingerprint density at radius 2 is 1.15 bits per heavy atom. The Bertz CT molecular complexity index is 90.1. The molecule has 1 nitrogen and oxygen atoms in total. The maximum atomic E-state index is 5.80. The fourth-order valence-electron chi connectivity index (χ4n) is 2.05. The maximum Gasteiger partial charge on any atom is 0.192 e. The van der Waals surface area contributed by atoms with E-state index in [2.05, 4.69) is 20.8 Å². The van der Waals surface area contributed by atoms with Crippen LogP contribution in [-0.2, 0) is 4.43 Å². The van der Waals surface area contributed by atoms with E-state index in [0.29, 0.717) is 0 Å². The Hall–Kier alpha value is 0.394. The van der Waals surface area contributed by atoms with Gasteiger partial charge in [0, 0.05) is 7.11 Å². The van der Waals surface area contributed by atoms with Crippen molar-refractivity contribution in [1.82, 2.24) is 0 Å². The zero-order chi connectivity index (χ0) is 9.45. The van der Waals surface area contributed by atoms with Gasteiger partial charge in [0.2, 0.25) is 0 Å². The SMILES string of the molecule is CCC[Si](CCC)(CCC)OC.[SiH4]. The van der Waals surface area contributed by atoms with Gasteiger partial charge < -0.3 is 4.43 Å². The van der Waals surface area contributed by atoms with Crippen molar-refractivity contribution in [3.05, 3.63) is 0 Å². The Morgan fingerprint density at radius 1 is 0.846 bits per heavy atom. The van der Waals surface area contributed by atoms with Crippen molar-refractivity contribution in [3.63, 3.8) is 0 Å². The summed E-state index contributed by atoms with van der Waals surface area (Å²) in [6.07, 6.45) is 3.88. The maximum absolute atomic E-state index is 5.80. The van der Waals surface area contributed by atoms with Crippen molar-refractivity contribution >= 4 is 19.3 Å².